The molecule has 1 aromatic rings. The lowest BCUT2D eigenvalue weighted by Gasteiger charge is -2.07. The van der Waals surface area contributed by atoms with Crippen LogP contribution in [0.2, 0.25) is 0 Å². The van der Waals surface area contributed by atoms with Crippen LogP contribution in [0.25, 0.3) is 0 Å². The molecule has 7 heteroatoms. The smallest absolute Gasteiger partial charge is 0.257 e. The minimum Gasteiger partial charge on any atom is -0.481 e. The number of carbonyl (C=O) groups is 1. The summed E-state index contributed by atoms with van der Waals surface area (Å²) in [5.74, 6) is -2.05. The van der Waals surface area contributed by atoms with E-state index >= 15 is 0 Å². The molecule has 0 saturated heterocycles. The second-order valence-electron chi connectivity index (χ2n) is 3.36. The fourth-order valence-corrected chi connectivity index (χ4v) is 1.12. The molecule has 0 aliphatic rings. The zero-order valence-corrected chi connectivity index (χ0v) is 10.4. The third-order valence-corrected chi connectivity index (χ3v) is 1.96. The fourth-order valence-electron chi connectivity index (χ4n) is 1.12. The number of halogens is 3. The normalized spacial score (nSPS) is 9.50. The Morgan fingerprint density at radius 2 is 2.11 bits per heavy atom. The Kier molecular flexibility index (Phi) is 7.98. The molecular formula is C11H15ClF2N2O2. The molecule has 4 nitrogen and oxygen atoms in total. The van der Waals surface area contributed by atoms with Gasteiger partial charge in [-0.1, -0.05) is 0 Å². The average molecular weight is 281 g/mol. The first kappa shape index (κ1) is 16.6. The second-order valence-corrected chi connectivity index (χ2v) is 3.36. The molecule has 0 aliphatic carbocycles. The largest absolute Gasteiger partial charge is 0.481 e. The maximum Gasteiger partial charge on any atom is 0.257 e. The second kappa shape index (κ2) is 8.66. The molecule has 18 heavy (non-hydrogen) atoms. The van der Waals surface area contributed by atoms with Crippen LogP contribution < -0.4 is 15.8 Å². The van der Waals surface area contributed by atoms with Crippen LogP contribution in [0.5, 0.6) is 5.75 Å². The minimum atomic E-state index is -0.834. The van der Waals surface area contributed by atoms with Crippen LogP contribution in [0.4, 0.5) is 8.78 Å². The van der Waals surface area contributed by atoms with Crippen molar-refractivity contribution >= 4 is 18.3 Å². The van der Waals surface area contributed by atoms with Crippen LogP contribution in [0.15, 0.2) is 18.2 Å². The van der Waals surface area contributed by atoms with E-state index in [4.69, 9.17) is 10.5 Å². The van der Waals surface area contributed by atoms with E-state index in [2.05, 4.69) is 5.32 Å². The Balaban J connectivity index is 0.00000289. The number of benzene rings is 1. The maximum atomic E-state index is 13.1. The van der Waals surface area contributed by atoms with Crippen molar-refractivity contribution in [3.63, 3.8) is 0 Å². The highest BCUT2D eigenvalue weighted by molar-refractivity contribution is 5.85. The van der Waals surface area contributed by atoms with Crippen molar-refractivity contribution in [1.29, 1.82) is 0 Å². The van der Waals surface area contributed by atoms with Gasteiger partial charge in [-0.15, -0.1) is 12.4 Å². The van der Waals surface area contributed by atoms with E-state index in [9.17, 15) is 13.6 Å². The summed E-state index contributed by atoms with van der Waals surface area (Å²) < 4.78 is 30.6. The van der Waals surface area contributed by atoms with Crippen molar-refractivity contribution in [1.82, 2.24) is 5.32 Å². The van der Waals surface area contributed by atoms with Crippen molar-refractivity contribution in [2.24, 2.45) is 5.73 Å². The lowest BCUT2D eigenvalue weighted by atomic mass is 10.3. The number of nitrogens with one attached hydrogen (secondary N) is 1. The van der Waals surface area contributed by atoms with Gasteiger partial charge in [0.1, 0.15) is 5.82 Å². The first-order chi connectivity index (χ1) is 8.13. The van der Waals surface area contributed by atoms with E-state index in [1.54, 1.807) is 0 Å². The Morgan fingerprint density at radius 1 is 1.39 bits per heavy atom. The van der Waals surface area contributed by atoms with E-state index in [0.29, 0.717) is 25.6 Å². The van der Waals surface area contributed by atoms with Crippen molar-refractivity contribution in [2.75, 3.05) is 19.7 Å². The molecule has 0 unspecified atom stereocenters. The Hall–Kier alpha value is -1.40. The van der Waals surface area contributed by atoms with Crippen LogP contribution in [0.1, 0.15) is 6.42 Å². The van der Waals surface area contributed by atoms with Gasteiger partial charge in [-0.2, -0.15) is 0 Å². The Bertz CT molecular complexity index is 391. The maximum absolute atomic E-state index is 13.1. The van der Waals surface area contributed by atoms with Crippen LogP contribution >= 0.6 is 12.4 Å². The van der Waals surface area contributed by atoms with E-state index in [1.807, 2.05) is 0 Å². The molecule has 0 aliphatic heterocycles. The van der Waals surface area contributed by atoms with Gasteiger partial charge in [-0.25, -0.2) is 8.78 Å². The van der Waals surface area contributed by atoms with Crippen LogP contribution in [-0.2, 0) is 4.79 Å². The molecule has 0 bridgehead atoms. The third kappa shape index (κ3) is 5.79. The molecule has 0 saturated carbocycles. The summed E-state index contributed by atoms with van der Waals surface area (Å²) in [6, 6.07) is 2.89. The molecule has 1 amide bonds. The standard InChI is InChI=1S/C11H14F2N2O2.ClH/c12-8-2-3-10(9(13)6-8)17-7-11(16)15-5-1-4-14;/h2-3,6H,1,4-5,7,14H2,(H,15,16);1H. The molecule has 0 aromatic heterocycles. The van der Waals surface area contributed by atoms with Crippen LogP contribution in [-0.4, -0.2) is 25.6 Å². The predicted octanol–water partition coefficient (Wildman–Crippen LogP) is 1.23. The van der Waals surface area contributed by atoms with Crippen molar-refractivity contribution in [3.05, 3.63) is 29.8 Å². The van der Waals surface area contributed by atoms with Crippen molar-refractivity contribution < 1.29 is 18.3 Å². The van der Waals surface area contributed by atoms with Gasteiger partial charge in [0, 0.05) is 12.6 Å². The number of hydrogen-bond acceptors (Lipinski definition) is 3. The number of ether oxygens (including phenoxy) is 1. The summed E-state index contributed by atoms with van der Waals surface area (Å²) >= 11 is 0. The molecule has 3 N–H and O–H groups in total. The predicted molar refractivity (Wildman–Crippen MR) is 65.8 cm³/mol. The monoisotopic (exact) mass is 280 g/mol. The topological polar surface area (TPSA) is 64.3 Å². The molecule has 0 atom stereocenters. The molecule has 0 radical (unpaired) electrons. The minimum absolute atomic E-state index is 0. The summed E-state index contributed by atoms with van der Waals surface area (Å²) in [6.45, 7) is 0.617. The number of amides is 1. The average Bonchev–Trinajstić information content (AvgIpc) is 2.28. The lowest BCUT2D eigenvalue weighted by molar-refractivity contribution is -0.123. The Labute approximate surface area is 110 Å². The SMILES string of the molecule is Cl.NCCCNC(=O)COc1ccc(F)cc1F. The summed E-state index contributed by atoms with van der Waals surface area (Å²) in [4.78, 5) is 11.2. The highest BCUT2D eigenvalue weighted by Crippen LogP contribution is 2.17. The van der Waals surface area contributed by atoms with Crippen LogP contribution in [0.3, 0.4) is 0 Å². The van der Waals surface area contributed by atoms with Gasteiger partial charge >= 0.3 is 0 Å². The number of carbonyl (C=O) groups excluding carboxylic acids is 1. The number of nitrogens with two attached hydrogens (primary N) is 1. The lowest BCUT2D eigenvalue weighted by Crippen LogP contribution is -2.30. The summed E-state index contributed by atoms with van der Waals surface area (Å²) in [5.41, 5.74) is 5.25. The molecule has 102 valence electrons. The molecule has 0 spiro atoms. The molecule has 0 heterocycles. The van der Waals surface area contributed by atoms with Gasteiger partial charge in [0.2, 0.25) is 0 Å². The highest BCUT2D eigenvalue weighted by atomic mass is 35.5. The molecule has 1 rings (SSSR count). The van der Waals surface area contributed by atoms with Gasteiger partial charge in [-0.3, -0.25) is 4.79 Å². The first-order valence-electron chi connectivity index (χ1n) is 5.18. The van der Waals surface area contributed by atoms with Crippen molar-refractivity contribution in [3.8, 4) is 5.75 Å². The fraction of sp³-hybridized carbons (Fsp3) is 0.364. The van der Waals surface area contributed by atoms with E-state index in [0.717, 1.165) is 12.1 Å². The first-order valence-corrected chi connectivity index (χ1v) is 5.18. The van der Waals surface area contributed by atoms with Crippen molar-refractivity contribution in [2.45, 2.75) is 6.42 Å². The molecule has 1 aromatic carbocycles. The quantitative estimate of drug-likeness (QED) is 0.771. The molecular weight excluding hydrogens is 266 g/mol. The number of rotatable bonds is 6. The zero-order valence-electron chi connectivity index (χ0n) is 9.62. The van der Waals surface area contributed by atoms with E-state index in [-0.39, 0.29) is 30.7 Å². The summed E-state index contributed by atoms with van der Waals surface area (Å²) in [5, 5.41) is 2.54. The Morgan fingerprint density at radius 3 is 2.72 bits per heavy atom. The van der Waals surface area contributed by atoms with E-state index < -0.39 is 11.6 Å². The summed E-state index contributed by atoms with van der Waals surface area (Å²) in [7, 11) is 0. The van der Waals surface area contributed by atoms with E-state index in [1.165, 1.54) is 0 Å². The highest BCUT2D eigenvalue weighted by Gasteiger charge is 2.07. The van der Waals surface area contributed by atoms with Gasteiger partial charge in [0.25, 0.3) is 5.91 Å². The van der Waals surface area contributed by atoms with Gasteiger partial charge in [0.05, 0.1) is 0 Å². The van der Waals surface area contributed by atoms with Crippen LogP contribution in [0, 0.1) is 11.6 Å². The summed E-state index contributed by atoms with van der Waals surface area (Å²) in [6.07, 6.45) is 0.663. The molecule has 0 fully saturated rings. The van der Waals surface area contributed by atoms with Gasteiger partial charge in [-0.05, 0) is 25.1 Å². The van der Waals surface area contributed by atoms with Gasteiger partial charge in [0.15, 0.2) is 18.2 Å². The third-order valence-electron chi connectivity index (χ3n) is 1.96. The van der Waals surface area contributed by atoms with Gasteiger partial charge < -0.3 is 15.8 Å². The number of hydrogen-bond donors (Lipinski definition) is 2. The zero-order chi connectivity index (χ0) is 12.7.